The number of carboxylic acids is 1. The summed E-state index contributed by atoms with van der Waals surface area (Å²) in [4.78, 5) is 39.8. The van der Waals surface area contributed by atoms with Gasteiger partial charge < -0.3 is 25.8 Å². The number of benzene rings is 3. The Labute approximate surface area is 252 Å². The SMILES string of the molecule is COc1cc(C(=O)O)ccc1NC(=O)[C@@H]1N[C@@H](CC(C)(C)C)[C@@]2(C(=O)Nc3cc(Cl)ccc32)C1c1cc(F)cc(Cl)c1. The molecule has 220 valence electrons. The van der Waals surface area contributed by atoms with Crippen molar-refractivity contribution in [2.45, 2.75) is 50.6 Å². The first-order valence-electron chi connectivity index (χ1n) is 13.3. The minimum atomic E-state index is -1.33. The number of rotatable bonds is 6. The van der Waals surface area contributed by atoms with Crippen molar-refractivity contribution in [1.82, 2.24) is 5.32 Å². The van der Waals surface area contributed by atoms with Gasteiger partial charge in [0.15, 0.2) is 0 Å². The number of carbonyl (C=O) groups is 3. The van der Waals surface area contributed by atoms with Crippen molar-refractivity contribution < 1.29 is 28.6 Å². The van der Waals surface area contributed by atoms with Crippen LogP contribution in [0.25, 0.3) is 0 Å². The summed E-state index contributed by atoms with van der Waals surface area (Å²) in [5.74, 6) is -3.37. The molecule has 1 unspecified atom stereocenters. The second-order valence-electron chi connectivity index (χ2n) is 11.9. The van der Waals surface area contributed by atoms with E-state index in [9.17, 15) is 23.9 Å². The summed E-state index contributed by atoms with van der Waals surface area (Å²) in [7, 11) is 1.36. The van der Waals surface area contributed by atoms with Gasteiger partial charge in [0, 0.05) is 27.7 Å². The molecule has 0 aromatic heterocycles. The van der Waals surface area contributed by atoms with E-state index >= 15 is 0 Å². The molecule has 4 atom stereocenters. The minimum Gasteiger partial charge on any atom is -0.495 e. The first-order chi connectivity index (χ1) is 19.7. The number of methoxy groups -OCH3 is 1. The highest BCUT2D eigenvalue weighted by Crippen LogP contribution is 2.57. The third kappa shape index (κ3) is 5.21. The number of fused-ring (bicyclic) bond motifs is 2. The molecule has 42 heavy (non-hydrogen) atoms. The van der Waals surface area contributed by atoms with E-state index in [2.05, 4.69) is 16.0 Å². The second kappa shape index (κ2) is 10.9. The van der Waals surface area contributed by atoms with Gasteiger partial charge in [0.05, 0.1) is 24.4 Å². The third-order valence-electron chi connectivity index (χ3n) is 7.85. The molecule has 4 N–H and O–H groups in total. The standard InChI is InChI=1S/C31H30Cl2FN3O5/c1-30(2,3)14-24-31(20-7-6-17(32)13-22(20)36-29(31)41)25(16-9-18(33)12-19(34)10-16)26(37-24)27(38)35-21-8-5-15(28(39)40)11-23(21)42-4/h5-13,24-26,37H,14H2,1-4H3,(H,35,38)(H,36,41)(H,39,40)/t24-,25?,26+,31+/m0/s1. The van der Waals surface area contributed by atoms with Crippen LogP contribution >= 0.6 is 23.2 Å². The van der Waals surface area contributed by atoms with Gasteiger partial charge in [0.2, 0.25) is 11.8 Å². The molecule has 2 aliphatic heterocycles. The van der Waals surface area contributed by atoms with Crippen molar-refractivity contribution in [2.75, 3.05) is 17.7 Å². The molecular weight excluding hydrogens is 584 g/mol. The molecule has 1 fully saturated rings. The summed E-state index contributed by atoms with van der Waals surface area (Å²) in [6.45, 7) is 6.11. The van der Waals surface area contributed by atoms with E-state index in [-0.39, 0.29) is 33.3 Å². The van der Waals surface area contributed by atoms with Gasteiger partial charge >= 0.3 is 5.97 Å². The van der Waals surface area contributed by atoms with Crippen molar-refractivity contribution in [1.29, 1.82) is 0 Å². The van der Waals surface area contributed by atoms with Gasteiger partial charge in [-0.2, -0.15) is 0 Å². The summed E-state index contributed by atoms with van der Waals surface area (Å²) in [5, 5.41) is 19.2. The number of ether oxygens (including phenoxy) is 1. The number of hydrogen-bond donors (Lipinski definition) is 4. The van der Waals surface area contributed by atoms with Gasteiger partial charge in [-0.3, -0.25) is 9.59 Å². The first kappa shape index (κ1) is 29.8. The van der Waals surface area contributed by atoms with E-state index in [0.29, 0.717) is 28.3 Å². The van der Waals surface area contributed by atoms with Crippen LogP contribution < -0.4 is 20.7 Å². The van der Waals surface area contributed by atoms with E-state index in [0.717, 1.165) is 0 Å². The topological polar surface area (TPSA) is 117 Å². The Bertz CT molecular complexity index is 1590. The van der Waals surface area contributed by atoms with E-state index in [1.807, 2.05) is 20.8 Å². The molecule has 1 saturated heterocycles. The molecule has 1 spiro atoms. The highest BCUT2D eigenvalue weighted by Gasteiger charge is 2.65. The largest absolute Gasteiger partial charge is 0.495 e. The highest BCUT2D eigenvalue weighted by atomic mass is 35.5. The van der Waals surface area contributed by atoms with Gasteiger partial charge in [0.25, 0.3) is 0 Å². The molecule has 2 heterocycles. The molecule has 8 nitrogen and oxygen atoms in total. The maximum Gasteiger partial charge on any atom is 0.335 e. The lowest BCUT2D eigenvalue weighted by Gasteiger charge is -2.37. The molecule has 11 heteroatoms. The minimum absolute atomic E-state index is 0.0155. The average Bonchev–Trinajstić information content (AvgIpc) is 3.37. The molecule has 5 rings (SSSR count). The van der Waals surface area contributed by atoms with Crippen LogP contribution in [0.2, 0.25) is 10.0 Å². The van der Waals surface area contributed by atoms with Crippen LogP contribution in [0.5, 0.6) is 5.75 Å². The molecule has 3 aromatic carbocycles. The molecule has 3 aromatic rings. The summed E-state index contributed by atoms with van der Waals surface area (Å²) in [6.07, 6.45) is 0.489. The van der Waals surface area contributed by atoms with Crippen molar-refractivity contribution in [3.8, 4) is 5.75 Å². The van der Waals surface area contributed by atoms with Crippen LogP contribution in [0.3, 0.4) is 0 Å². The third-order valence-corrected chi connectivity index (χ3v) is 8.31. The van der Waals surface area contributed by atoms with Gasteiger partial charge in [-0.05, 0) is 71.5 Å². The zero-order valence-corrected chi connectivity index (χ0v) is 24.9. The Morgan fingerprint density at radius 2 is 1.81 bits per heavy atom. The predicted molar refractivity (Wildman–Crippen MR) is 159 cm³/mol. The Morgan fingerprint density at radius 1 is 1.07 bits per heavy atom. The molecule has 2 aliphatic rings. The summed E-state index contributed by atoms with van der Waals surface area (Å²) in [5.41, 5.74) is 0.153. The van der Waals surface area contributed by atoms with Crippen molar-refractivity contribution in [3.63, 3.8) is 0 Å². The Kier molecular flexibility index (Phi) is 7.72. The van der Waals surface area contributed by atoms with Crippen LogP contribution in [0.15, 0.2) is 54.6 Å². The first-order valence-corrected chi connectivity index (χ1v) is 14.1. The van der Waals surface area contributed by atoms with Crippen molar-refractivity contribution in [3.05, 3.63) is 87.2 Å². The van der Waals surface area contributed by atoms with Crippen LogP contribution in [-0.2, 0) is 15.0 Å². The monoisotopic (exact) mass is 613 g/mol. The maximum atomic E-state index is 14.9. The van der Waals surface area contributed by atoms with Gasteiger partial charge in [-0.1, -0.05) is 50.0 Å². The molecular formula is C31H30Cl2FN3O5. The van der Waals surface area contributed by atoms with Crippen molar-refractivity contribution in [2.24, 2.45) is 5.41 Å². The normalized spacial score (nSPS) is 23.0. The smallest absolute Gasteiger partial charge is 0.335 e. The lowest BCUT2D eigenvalue weighted by Crippen LogP contribution is -2.49. The second-order valence-corrected chi connectivity index (χ2v) is 12.7. The van der Waals surface area contributed by atoms with Gasteiger partial charge in [0.1, 0.15) is 17.0 Å². The number of nitrogens with one attached hydrogen (secondary N) is 3. The molecule has 0 bridgehead atoms. The summed E-state index contributed by atoms with van der Waals surface area (Å²) in [6, 6.07) is 11.7. The zero-order valence-electron chi connectivity index (χ0n) is 23.3. The number of carbonyl (C=O) groups excluding carboxylic acids is 2. The van der Waals surface area contributed by atoms with Gasteiger partial charge in [-0.25, -0.2) is 9.18 Å². The Morgan fingerprint density at radius 3 is 2.45 bits per heavy atom. The number of amides is 2. The van der Waals surface area contributed by atoms with E-state index in [4.69, 9.17) is 27.9 Å². The summed E-state index contributed by atoms with van der Waals surface area (Å²) >= 11 is 12.6. The van der Waals surface area contributed by atoms with E-state index < -0.39 is 41.1 Å². The van der Waals surface area contributed by atoms with E-state index in [1.54, 1.807) is 24.3 Å². The number of halogens is 3. The van der Waals surface area contributed by atoms with E-state index in [1.165, 1.54) is 37.4 Å². The lowest BCUT2D eigenvalue weighted by atomic mass is 9.62. The molecule has 2 amide bonds. The fraction of sp³-hybridized carbons (Fsp3) is 0.323. The number of carboxylic acid groups (broad SMARTS) is 1. The fourth-order valence-electron chi connectivity index (χ4n) is 6.31. The quantitative estimate of drug-likeness (QED) is 0.262. The fourth-order valence-corrected chi connectivity index (χ4v) is 6.72. The maximum absolute atomic E-state index is 14.9. The van der Waals surface area contributed by atoms with Crippen LogP contribution in [0, 0.1) is 11.2 Å². The molecule has 0 radical (unpaired) electrons. The summed E-state index contributed by atoms with van der Waals surface area (Å²) < 4.78 is 20.2. The molecule has 0 aliphatic carbocycles. The average molecular weight is 615 g/mol. The lowest BCUT2D eigenvalue weighted by molar-refractivity contribution is -0.122. The zero-order chi connectivity index (χ0) is 30.6. The van der Waals surface area contributed by atoms with Crippen LogP contribution in [0.1, 0.15) is 54.6 Å². The Hall–Kier alpha value is -3.66. The van der Waals surface area contributed by atoms with Crippen LogP contribution in [-0.4, -0.2) is 42.1 Å². The highest BCUT2D eigenvalue weighted by molar-refractivity contribution is 6.31. The predicted octanol–water partition coefficient (Wildman–Crippen LogP) is 6.23. The number of anilines is 2. The van der Waals surface area contributed by atoms with Gasteiger partial charge in [-0.15, -0.1) is 0 Å². The number of aromatic carboxylic acids is 1. The molecule has 0 saturated carbocycles. The van der Waals surface area contributed by atoms with Crippen molar-refractivity contribution >= 4 is 52.4 Å². The number of hydrogen-bond acceptors (Lipinski definition) is 5. The Balaban J connectivity index is 1.69. The van der Waals surface area contributed by atoms with Crippen LogP contribution in [0.4, 0.5) is 15.8 Å².